The van der Waals surface area contributed by atoms with E-state index in [1.165, 1.54) is 0 Å². The number of hydrogen-bond donors (Lipinski definition) is 2. The quantitative estimate of drug-likeness (QED) is 0.557. The Balaban J connectivity index is 1.63. The fraction of sp³-hybridized carbons (Fsp3) is 0.500. The van der Waals surface area contributed by atoms with E-state index in [0.29, 0.717) is 18.5 Å². The molecule has 0 bridgehead atoms. The Morgan fingerprint density at radius 3 is 2.92 bits per heavy atom. The van der Waals surface area contributed by atoms with Crippen molar-refractivity contribution in [1.29, 1.82) is 0 Å². The predicted molar refractivity (Wildman–Crippen MR) is 90.7 cm³/mol. The molecule has 0 saturated carbocycles. The van der Waals surface area contributed by atoms with Crippen LogP contribution in [-0.2, 0) is 27.4 Å². The maximum Gasteiger partial charge on any atom is 0.255 e. The van der Waals surface area contributed by atoms with Crippen molar-refractivity contribution < 1.29 is 19.1 Å². The third-order valence-electron chi connectivity index (χ3n) is 4.62. The molecule has 1 saturated heterocycles. The Bertz CT molecular complexity index is 689. The van der Waals surface area contributed by atoms with Crippen LogP contribution in [0.15, 0.2) is 18.2 Å². The summed E-state index contributed by atoms with van der Waals surface area (Å²) in [5, 5.41) is 5.66. The molecule has 3 amide bonds. The van der Waals surface area contributed by atoms with Crippen molar-refractivity contribution in [3.05, 3.63) is 34.9 Å². The number of ether oxygens (including phenoxy) is 1. The minimum atomic E-state index is -0.562. The van der Waals surface area contributed by atoms with Crippen LogP contribution in [0.3, 0.4) is 0 Å². The van der Waals surface area contributed by atoms with E-state index in [4.69, 9.17) is 4.74 Å². The molecule has 0 radical (unpaired) electrons. The van der Waals surface area contributed by atoms with Gasteiger partial charge in [0.2, 0.25) is 11.8 Å². The van der Waals surface area contributed by atoms with E-state index in [0.717, 1.165) is 37.2 Å². The van der Waals surface area contributed by atoms with Gasteiger partial charge in [0.15, 0.2) is 0 Å². The highest BCUT2D eigenvalue weighted by atomic mass is 16.5. The predicted octanol–water partition coefficient (Wildman–Crippen LogP) is 0.574. The molecular formula is C18H23N3O4. The molecular weight excluding hydrogens is 322 g/mol. The topological polar surface area (TPSA) is 87.7 Å². The van der Waals surface area contributed by atoms with Gasteiger partial charge < -0.3 is 15.0 Å². The fourth-order valence-electron chi connectivity index (χ4n) is 3.31. The van der Waals surface area contributed by atoms with Gasteiger partial charge in [-0.2, -0.15) is 0 Å². The standard InChI is InChI=1S/C18H23N3O4/c1-25-8-2-7-19-10-12-3-4-14-13(9-12)11-21(18(14)24)15-5-6-16(22)20-17(15)23/h3-4,9,15,19H,2,5-8,10-11H2,1H3,(H,20,22,23). The highest BCUT2D eigenvalue weighted by Gasteiger charge is 2.38. The van der Waals surface area contributed by atoms with Gasteiger partial charge in [-0.05, 0) is 36.6 Å². The third-order valence-corrected chi connectivity index (χ3v) is 4.62. The first-order chi connectivity index (χ1) is 12.1. The Hall–Kier alpha value is -2.25. The number of methoxy groups -OCH3 is 1. The number of benzene rings is 1. The number of rotatable bonds is 7. The lowest BCUT2D eigenvalue weighted by molar-refractivity contribution is -0.136. The third kappa shape index (κ3) is 3.88. The van der Waals surface area contributed by atoms with Crippen molar-refractivity contribution in [3.8, 4) is 0 Å². The molecule has 7 heteroatoms. The molecule has 3 rings (SSSR count). The smallest absolute Gasteiger partial charge is 0.255 e. The van der Waals surface area contributed by atoms with Gasteiger partial charge >= 0.3 is 0 Å². The molecule has 0 aliphatic carbocycles. The van der Waals surface area contributed by atoms with Crippen LogP contribution in [0.1, 0.15) is 40.7 Å². The summed E-state index contributed by atoms with van der Waals surface area (Å²) in [5.74, 6) is -0.784. The minimum absolute atomic E-state index is 0.135. The zero-order chi connectivity index (χ0) is 17.8. The number of imide groups is 1. The molecule has 2 N–H and O–H groups in total. The number of nitrogens with one attached hydrogen (secondary N) is 2. The molecule has 0 spiro atoms. The normalized spacial score (nSPS) is 20.0. The maximum absolute atomic E-state index is 12.6. The van der Waals surface area contributed by atoms with Crippen LogP contribution in [0.25, 0.3) is 0 Å². The number of amides is 3. The van der Waals surface area contributed by atoms with Crippen LogP contribution < -0.4 is 10.6 Å². The van der Waals surface area contributed by atoms with Gasteiger partial charge in [-0.25, -0.2) is 0 Å². The zero-order valence-electron chi connectivity index (χ0n) is 14.3. The number of piperidine rings is 1. The lowest BCUT2D eigenvalue weighted by atomic mass is 10.0. The van der Waals surface area contributed by atoms with Crippen molar-refractivity contribution in [1.82, 2.24) is 15.5 Å². The van der Waals surface area contributed by atoms with Crippen LogP contribution in [0, 0.1) is 0 Å². The molecule has 1 fully saturated rings. The SMILES string of the molecule is COCCCNCc1ccc2c(c1)CN(C1CCC(=O)NC1=O)C2=O. The first-order valence-corrected chi connectivity index (χ1v) is 8.56. The average Bonchev–Trinajstić information content (AvgIpc) is 2.91. The van der Waals surface area contributed by atoms with Crippen molar-refractivity contribution in [2.75, 3.05) is 20.3 Å². The molecule has 1 unspecified atom stereocenters. The van der Waals surface area contributed by atoms with Crippen LogP contribution in [0.4, 0.5) is 0 Å². The molecule has 25 heavy (non-hydrogen) atoms. The molecule has 2 aliphatic rings. The Kier molecular flexibility index (Phi) is 5.45. The maximum atomic E-state index is 12.6. The summed E-state index contributed by atoms with van der Waals surface area (Å²) in [6.45, 7) is 2.74. The molecule has 2 aliphatic heterocycles. The Morgan fingerprint density at radius 2 is 2.16 bits per heavy atom. The van der Waals surface area contributed by atoms with Gasteiger partial charge in [0.25, 0.3) is 5.91 Å². The van der Waals surface area contributed by atoms with Crippen LogP contribution in [0.5, 0.6) is 0 Å². The molecule has 7 nitrogen and oxygen atoms in total. The molecule has 1 atom stereocenters. The monoisotopic (exact) mass is 345 g/mol. The number of fused-ring (bicyclic) bond motifs is 1. The summed E-state index contributed by atoms with van der Waals surface area (Å²) in [5.41, 5.74) is 2.69. The molecule has 0 aromatic heterocycles. The van der Waals surface area contributed by atoms with E-state index < -0.39 is 6.04 Å². The number of hydrogen-bond acceptors (Lipinski definition) is 5. The summed E-state index contributed by atoms with van der Waals surface area (Å²) in [6, 6.07) is 5.22. The lowest BCUT2D eigenvalue weighted by Gasteiger charge is -2.29. The Morgan fingerprint density at radius 1 is 1.32 bits per heavy atom. The number of nitrogens with zero attached hydrogens (tertiary/aromatic N) is 1. The first kappa shape index (κ1) is 17.6. The number of carbonyl (C=O) groups excluding carboxylic acids is 3. The van der Waals surface area contributed by atoms with Crippen LogP contribution >= 0.6 is 0 Å². The van der Waals surface area contributed by atoms with Gasteiger partial charge in [-0.15, -0.1) is 0 Å². The second-order valence-corrected chi connectivity index (χ2v) is 6.41. The molecule has 1 aromatic rings. The van der Waals surface area contributed by atoms with E-state index in [2.05, 4.69) is 10.6 Å². The second kappa shape index (κ2) is 7.76. The summed E-state index contributed by atoms with van der Waals surface area (Å²) in [7, 11) is 1.69. The molecule has 1 aromatic carbocycles. The van der Waals surface area contributed by atoms with Crippen molar-refractivity contribution in [2.45, 2.75) is 38.4 Å². The van der Waals surface area contributed by atoms with E-state index in [9.17, 15) is 14.4 Å². The van der Waals surface area contributed by atoms with Gasteiger partial charge in [-0.3, -0.25) is 19.7 Å². The van der Waals surface area contributed by atoms with Gasteiger partial charge in [0, 0.05) is 38.8 Å². The first-order valence-electron chi connectivity index (χ1n) is 8.56. The van der Waals surface area contributed by atoms with Crippen molar-refractivity contribution in [2.24, 2.45) is 0 Å². The van der Waals surface area contributed by atoms with E-state index in [1.807, 2.05) is 18.2 Å². The lowest BCUT2D eigenvalue weighted by Crippen LogP contribution is -2.52. The minimum Gasteiger partial charge on any atom is -0.385 e. The molecule has 2 heterocycles. The van der Waals surface area contributed by atoms with Crippen molar-refractivity contribution >= 4 is 17.7 Å². The van der Waals surface area contributed by atoms with Crippen molar-refractivity contribution in [3.63, 3.8) is 0 Å². The summed E-state index contributed by atoms with van der Waals surface area (Å²) < 4.78 is 5.01. The largest absolute Gasteiger partial charge is 0.385 e. The Labute approximate surface area is 146 Å². The zero-order valence-corrected chi connectivity index (χ0v) is 14.3. The summed E-state index contributed by atoms with van der Waals surface area (Å²) in [4.78, 5) is 37.5. The van der Waals surface area contributed by atoms with Gasteiger partial charge in [-0.1, -0.05) is 12.1 Å². The molecule has 134 valence electrons. The van der Waals surface area contributed by atoms with Crippen LogP contribution in [-0.4, -0.2) is 48.9 Å². The van der Waals surface area contributed by atoms with E-state index in [-0.39, 0.29) is 24.1 Å². The highest BCUT2D eigenvalue weighted by Crippen LogP contribution is 2.28. The average molecular weight is 345 g/mol. The van der Waals surface area contributed by atoms with Crippen LogP contribution in [0.2, 0.25) is 0 Å². The van der Waals surface area contributed by atoms with E-state index >= 15 is 0 Å². The summed E-state index contributed by atoms with van der Waals surface area (Å²) >= 11 is 0. The second-order valence-electron chi connectivity index (χ2n) is 6.41. The van der Waals surface area contributed by atoms with E-state index in [1.54, 1.807) is 12.0 Å². The fourth-order valence-corrected chi connectivity index (χ4v) is 3.31. The summed E-state index contributed by atoms with van der Waals surface area (Å²) in [6.07, 6.45) is 1.61. The van der Waals surface area contributed by atoms with Gasteiger partial charge in [0.1, 0.15) is 6.04 Å². The van der Waals surface area contributed by atoms with Gasteiger partial charge in [0.05, 0.1) is 0 Å². The number of carbonyl (C=O) groups is 3. The highest BCUT2D eigenvalue weighted by molar-refractivity contribution is 6.05.